The minimum absolute atomic E-state index is 0.411. The summed E-state index contributed by atoms with van der Waals surface area (Å²) in [5.41, 5.74) is 1.89. The van der Waals surface area contributed by atoms with Crippen LogP contribution in [0.4, 0.5) is 16.2 Å². The number of barbiturate groups is 1. The molecule has 1 aliphatic rings. The predicted octanol–water partition coefficient (Wildman–Crippen LogP) is 3.36. The highest BCUT2D eigenvalue weighted by Gasteiger charge is 2.40. The molecule has 0 saturated carbocycles. The highest BCUT2D eigenvalue weighted by atomic mass is 79.9. The normalized spacial score (nSPS) is 17.9. The number of hydrogen-bond acceptors (Lipinski definition) is 4. The van der Waals surface area contributed by atoms with Crippen molar-refractivity contribution >= 4 is 51.4 Å². The number of benzene rings is 2. The molecule has 1 saturated heterocycles. The molecule has 126 valence electrons. The fourth-order valence-corrected chi connectivity index (χ4v) is 2.83. The van der Waals surface area contributed by atoms with Gasteiger partial charge in [0.15, 0.2) is 5.92 Å². The third-order valence-electron chi connectivity index (χ3n) is 3.68. The van der Waals surface area contributed by atoms with Gasteiger partial charge in [-0.3, -0.25) is 19.9 Å². The van der Waals surface area contributed by atoms with Crippen LogP contribution in [0.25, 0.3) is 0 Å². The van der Waals surface area contributed by atoms with Gasteiger partial charge in [0.2, 0.25) is 5.91 Å². The number of anilines is 1. The van der Waals surface area contributed by atoms with Crippen LogP contribution in [0.1, 0.15) is 5.56 Å². The molecule has 0 bridgehead atoms. The summed E-state index contributed by atoms with van der Waals surface area (Å²) in [5, 5.41) is 2.20. The smallest absolute Gasteiger partial charge is 0.276 e. The lowest BCUT2D eigenvalue weighted by Gasteiger charge is -2.28. The Balaban J connectivity index is 1.92. The number of halogens is 1. The fourth-order valence-electron chi connectivity index (χ4n) is 2.44. The number of carbonyl (C=O) groups excluding carboxylic acids is 3. The zero-order valence-electron chi connectivity index (χ0n) is 13.3. The second-order valence-corrected chi connectivity index (χ2v) is 6.37. The minimum atomic E-state index is -1.18. The van der Waals surface area contributed by atoms with E-state index in [9.17, 15) is 14.4 Å². The van der Waals surface area contributed by atoms with Gasteiger partial charge >= 0.3 is 6.03 Å². The van der Waals surface area contributed by atoms with Gasteiger partial charge in [-0.2, -0.15) is 0 Å². The molecule has 25 heavy (non-hydrogen) atoms. The molecular formula is C18H14BrN3O3. The minimum Gasteiger partial charge on any atom is -0.276 e. The summed E-state index contributed by atoms with van der Waals surface area (Å²) in [4.78, 5) is 42.1. The number of carbonyl (C=O) groups is 3. The molecule has 0 aromatic heterocycles. The maximum absolute atomic E-state index is 12.7. The molecule has 4 amide bonds. The van der Waals surface area contributed by atoms with Gasteiger partial charge in [-0.15, -0.1) is 0 Å². The highest BCUT2D eigenvalue weighted by molar-refractivity contribution is 9.10. The van der Waals surface area contributed by atoms with Crippen molar-refractivity contribution in [2.75, 3.05) is 4.90 Å². The lowest BCUT2D eigenvalue weighted by molar-refractivity contribution is -0.131. The van der Waals surface area contributed by atoms with E-state index in [2.05, 4.69) is 26.2 Å². The van der Waals surface area contributed by atoms with Crippen molar-refractivity contribution in [2.24, 2.45) is 10.9 Å². The van der Waals surface area contributed by atoms with Crippen LogP contribution in [0.15, 0.2) is 58.0 Å². The quantitative estimate of drug-likeness (QED) is 0.634. The molecule has 7 heteroatoms. The average molecular weight is 400 g/mol. The summed E-state index contributed by atoms with van der Waals surface area (Å²) < 4.78 is 0.738. The largest absolute Gasteiger partial charge is 0.335 e. The molecule has 1 fully saturated rings. The summed E-state index contributed by atoms with van der Waals surface area (Å²) in [5.74, 6) is -2.49. The molecule has 1 atom stereocenters. The molecule has 2 aromatic rings. The van der Waals surface area contributed by atoms with Crippen molar-refractivity contribution in [1.29, 1.82) is 0 Å². The molecule has 0 aliphatic carbocycles. The van der Waals surface area contributed by atoms with Gasteiger partial charge in [0.25, 0.3) is 5.91 Å². The molecule has 2 aromatic carbocycles. The van der Waals surface area contributed by atoms with Crippen molar-refractivity contribution in [1.82, 2.24) is 5.32 Å². The second-order valence-electron chi connectivity index (χ2n) is 5.51. The Morgan fingerprint density at radius 1 is 1.12 bits per heavy atom. The Bertz CT molecular complexity index is 895. The first-order chi connectivity index (χ1) is 12.0. The summed E-state index contributed by atoms with van der Waals surface area (Å²) in [6, 6.07) is 13.4. The van der Waals surface area contributed by atoms with Gasteiger partial charge in [-0.05, 0) is 52.7 Å². The lowest BCUT2D eigenvalue weighted by atomic mass is 10.1. The zero-order chi connectivity index (χ0) is 18.0. The number of para-hydroxylation sites is 1. The topological polar surface area (TPSA) is 78.8 Å². The molecule has 1 heterocycles. The van der Waals surface area contributed by atoms with Crippen molar-refractivity contribution in [3.05, 3.63) is 58.6 Å². The monoisotopic (exact) mass is 399 g/mol. The number of nitrogens with one attached hydrogen (secondary N) is 1. The van der Waals surface area contributed by atoms with E-state index >= 15 is 0 Å². The van der Waals surface area contributed by atoms with Crippen LogP contribution >= 0.6 is 15.9 Å². The summed E-state index contributed by atoms with van der Waals surface area (Å²) in [7, 11) is 0. The summed E-state index contributed by atoms with van der Waals surface area (Å²) in [6.45, 7) is 1.85. The van der Waals surface area contributed by atoms with E-state index in [0.29, 0.717) is 11.4 Å². The number of imide groups is 2. The molecule has 0 spiro atoms. The van der Waals surface area contributed by atoms with E-state index in [1.54, 1.807) is 36.4 Å². The SMILES string of the molecule is Cc1cccc(N2C(=O)NC(=O)[C@@H](C=Nc3ccccc3Br)C2=O)c1. The Hall–Kier alpha value is -2.80. The fraction of sp³-hybridized carbons (Fsp3) is 0.111. The first-order valence-corrected chi connectivity index (χ1v) is 8.31. The van der Waals surface area contributed by atoms with Crippen molar-refractivity contribution in [3.63, 3.8) is 0 Å². The van der Waals surface area contributed by atoms with Crippen molar-refractivity contribution in [3.8, 4) is 0 Å². The lowest BCUT2D eigenvalue weighted by Crippen LogP contribution is -2.58. The third kappa shape index (κ3) is 3.51. The summed E-state index contributed by atoms with van der Waals surface area (Å²) in [6.07, 6.45) is 1.26. The number of rotatable bonds is 3. The standard InChI is InChI=1S/C18H14BrN3O3/c1-11-5-4-6-12(9-11)22-17(24)13(16(23)21-18(22)25)10-20-15-8-3-2-7-14(15)19/h2-10,13H,1H3,(H,21,23,25)/t13-/m1/s1. The van der Waals surface area contributed by atoms with E-state index in [1.807, 2.05) is 19.1 Å². The number of hydrogen-bond donors (Lipinski definition) is 1. The Morgan fingerprint density at radius 3 is 2.60 bits per heavy atom. The third-order valence-corrected chi connectivity index (χ3v) is 4.35. The summed E-state index contributed by atoms with van der Waals surface area (Å²) >= 11 is 3.35. The van der Waals surface area contributed by atoms with Crippen LogP contribution < -0.4 is 10.2 Å². The van der Waals surface area contributed by atoms with Crippen LogP contribution in [0, 0.1) is 12.8 Å². The molecule has 0 radical (unpaired) electrons. The number of aliphatic imine (C=N–C) groups is 1. The van der Waals surface area contributed by atoms with Gasteiger partial charge in [-0.25, -0.2) is 9.69 Å². The number of amides is 4. The van der Waals surface area contributed by atoms with Gasteiger partial charge in [0.1, 0.15) is 0 Å². The van der Waals surface area contributed by atoms with Crippen LogP contribution in [0.5, 0.6) is 0 Å². The Kier molecular flexibility index (Phi) is 4.76. The van der Waals surface area contributed by atoms with Gasteiger partial charge in [0.05, 0.1) is 11.4 Å². The number of nitrogens with zero attached hydrogens (tertiary/aromatic N) is 2. The maximum Gasteiger partial charge on any atom is 0.335 e. The maximum atomic E-state index is 12.7. The Labute approximate surface area is 152 Å². The zero-order valence-corrected chi connectivity index (χ0v) is 14.9. The van der Waals surface area contributed by atoms with E-state index in [0.717, 1.165) is 14.9 Å². The van der Waals surface area contributed by atoms with Gasteiger partial charge in [0, 0.05) is 10.7 Å². The first-order valence-electron chi connectivity index (χ1n) is 7.51. The molecule has 1 aliphatic heterocycles. The van der Waals surface area contributed by atoms with Crippen LogP contribution in [0.2, 0.25) is 0 Å². The second kappa shape index (κ2) is 6.98. The average Bonchev–Trinajstić information content (AvgIpc) is 2.56. The molecule has 6 nitrogen and oxygen atoms in total. The number of urea groups is 1. The van der Waals surface area contributed by atoms with Crippen molar-refractivity contribution in [2.45, 2.75) is 6.92 Å². The van der Waals surface area contributed by atoms with Gasteiger partial charge in [-0.1, -0.05) is 24.3 Å². The van der Waals surface area contributed by atoms with Crippen LogP contribution in [0.3, 0.4) is 0 Å². The molecule has 3 rings (SSSR count). The molecule has 0 unspecified atom stereocenters. The molecular weight excluding hydrogens is 386 g/mol. The van der Waals surface area contributed by atoms with Crippen LogP contribution in [-0.2, 0) is 9.59 Å². The Morgan fingerprint density at radius 2 is 1.88 bits per heavy atom. The van der Waals surface area contributed by atoms with Crippen molar-refractivity contribution < 1.29 is 14.4 Å². The first kappa shape index (κ1) is 17.0. The van der Waals surface area contributed by atoms with E-state index < -0.39 is 23.8 Å². The van der Waals surface area contributed by atoms with E-state index in [1.165, 1.54) is 6.21 Å². The van der Waals surface area contributed by atoms with Crippen LogP contribution in [-0.4, -0.2) is 24.1 Å². The van der Waals surface area contributed by atoms with Gasteiger partial charge < -0.3 is 0 Å². The highest BCUT2D eigenvalue weighted by Crippen LogP contribution is 2.25. The predicted molar refractivity (Wildman–Crippen MR) is 98.0 cm³/mol. The molecule has 1 N–H and O–H groups in total. The van der Waals surface area contributed by atoms with E-state index in [4.69, 9.17) is 0 Å². The van der Waals surface area contributed by atoms with E-state index in [-0.39, 0.29) is 0 Å². The number of aryl methyl sites for hydroxylation is 1.